The summed E-state index contributed by atoms with van der Waals surface area (Å²) in [4.78, 5) is 25.1. The molecule has 6 heteroatoms. The molecule has 1 N–H and O–H groups in total. The molecule has 0 saturated carbocycles. The van der Waals surface area contributed by atoms with E-state index in [4.69, 9.17) is 9.47 Å². The Kier molecular flexibility index (Phi) is 5.03. The van der Waals surface area contributed by atoms with Crippen LogP contribution in [0.4, 0.5) is 0 Å². The molecule has 120 valence electrons. The Bertz CT molecular complexity index is 542. The zero-order valence-electron chi connectivity index (χ0n) is 13.0. The van der Waals surface area contributed by atoms with Gasteiger partial charge in [0, 0.05) is 20.1 Å². The minimum absolute atomic E-state index is 0.253. The molecular formula is C16H21NO5. The van der Waals surface area contributed by atoms with Gasteiger partial charge in [0.15, 0.2) is 6.10 Å². The van der Waals surface area contributed by atoms with Gasteiger partial charge < -0.3 is 19.5 Å². The Morgan fingerprint density at radius 3 is 2.50 bits per heavy atom. The first-order valence-electron chi connectivity index (χ1n) is 7.21. The first-order valence-corrected chi connectivity index (χ1v) is 7.21. The number of aryl methyl sites for hydroxylation is 1. The van der Waals surface area contributed by atoms with Crippen molar-refractivity contribution in [3.05, 3.63) is 29.8 Å². The molecule has 0 radical (unpaired) electrons. The predicted molar refractivity (Wildman–Crippen MR) is 79.8 cm³/mol. The van der Waals surface area contributed by atoms with E-state index < -0.39 is 18.1 Å². The normalized spacial score (nSPS) is 22.4. The molecule has 3 unspecified atom stereocenters. The van der Waals surface area contributed by atoms with E-state index in [1.807, 2.05) is 19.1 Å². The zero-order chi connectivity index (χ0) is 16.3. The van der Waals surface area contributed by atoms with Crippen molar-refractivity contribution < 1.29 is 24.2 Å². The highest BCUT2D eigenvalue weighted by atomic mass is 16.5. The van der Waals surface area contributed by atoms with E-state index >= 15 is 0 Å². The van der Waals surface area contributed by atoms with Crippen LogP contribution in [0.3, 0.4) is 0 Å². The first-order chi connectivity index (χ1) is 10.4. The molecule has 1 amide bonds. The lowest BCUT2D eigenvalue weighted by Crippen LogP contribution is -2.46. The van der Waals surface area contributed by atoms with Crippen LogP contribution in [0.1, 0.15) is 18.9 Å². The number of carboxylic acids is 1. The van der Waals surface area contributed by atoms with E-state index in [0.717, 1.165) is 5.56 Å². The highest BCUT2D eigenvalue weighted by Gasteiger charge is 2.41. The smallest absolute Gasteiger partial charge is 0.326 e. The van der Waals surface area contributed by atoms with Crippen LogP contribution >= 0.6 is 0 Å². The summed E-state index contributed by atoms with van der Waals surface area (Å²) in [6.45, 7) is 3.86. The van der Waals surface area contributed by atoms with Gasteiger partial charge in [-0.05, 0) is 26.0 Å². The molecule has 1 aliphatic rings. The van der Waals surface area contributed by atoms with Crippen molar-refractivity contribution in [2.24, 2.45) is 0 Å². The van der Waals surface area contributed by atoms with Crippen molar-refractivity contribution in [3.8, 4) is 5.75 Å². The van der Waals surface area contributed by atoms with E-state index in [-0.39, 0.29) is 18.6 Å². The van der Waals surface area contributed by atoms with Crippen molar-refractivity contribution in [3.63, 3.8) is 0 Å². The van der Waals surface area contributed by atoms with Crippen LogP contribution < -0.4 is 4.74 Å². The van der Waals surface area contributed by atoms with E-state index in [2.05, 4.69) is 0 Å². The summed E-state index contributed by atoms with van der Waals surface area (Å²) in [7, 11) is 1.52. The Morgan fingerprint density at radius 1 is 1.32 bits per heavy atom. The summed E-state index contributed by atoms with van der Waals surface area (Å²) < 4.78 is 10.8. The highest BCUT2D eigenvalue weighted by molar-refractivity contribution is 5.87. The third-order valence-corrected chi connectivity index (χ3v) is 3.85. The molecule has 1 aliphatic heterocycles. The van der Waals surface area contributed by atoms with Crippen LogP contribution in [0.2, 0.25) is 0 Å². The quantitative estimate of drug-likeness (QED) is 0.891. The molecule has 1 heterocycles. The number of carboxylic acid groups (broad SMARTS) is 1. The van der Waals surface area contributed by atoms with Crippen molar-refractivity contribution in [1.29, 1.82) is 0 Å². The van der Waals surface area contributed by atoms with Gasteiger partial charge in [0.05, 0.1) is 6.10 Å². The number of carbonyl (C=O) groups excluding carboxylic acids is 1. The van der Waals surface area contributed by atoms with Crippen LogP contribution in [0.5, 0.6) is 5.75 Å². The van der Waals surface area contributed by atoms with Crippen LogP contribution in [0.15, 0.2) is 24.3 Å². The second-order valence-electron chi connectivity index (χ2n) is 5.51. The Labute approximate surface area is 129 Å². The number of rotatable bonds is 5. The Morgan fingerprint density at radius 2 is 1.95 bits per heavy atom. The number of amides is 1. The maximum absolute atomic E-state index is 12.5. The number of hydrogen-bond acceptors (Lipinski definition) is 4. The van der Waals surface area contributed by atoms with Crippen LogP contribution in [-0.2, 0) is 14.3 Å². The molecule has 6 nitrogen and oxygen atoms in total. The number of likely N-dealkylation sites (tertiary alicyclic amines) is 1. The number of aliphatic carboxylic acids is 1. The molecule has 1 saturated heterocycles. The van der Waals surface area contributed by atoms with E-state index in [9.17, 15) is 14.7 Å². The molecule has 1 fully saturated rings. The minimum Gasteiger partial charge on any atom is -0.481 e. The standard InChI is InChI=1S/C16H21NO5/c1-10-4-6-12(7-5-10)22-11(2)15(18)17-9-13(21-3)8-14(17)16(19)20/h4-7,11,13-14H,8-9H2,1-3H3,(H,19,20). The number of hydrogen-bond donors (Lipinski definition) is 1. The van der Waals surface area contributed by atoms with Crippen LogP contribution in [0.25, 0.3) is 0 Å². The third-order valence-electron chi connectivity index (χ3n) is 3.85. The predicted octanol–water partition coefficient (Wildman–Crippen LogP) is 1.46. The number of nitrogens with zero attached hydrogens (tertiary/aromatic N) is 1. The van der Waals surface area contributed by atoms with Crippen molar-refractivity contribution in [2.45, 2.75) is 38.5 Å². The van der Waals surface area contributed by atoms with E-state index in [0.29, 0.717) is 12.2 Å². The number of methoxy groups -OCH3 is 1. The molecule has 0 aliphatic carbocycles. The van der Waals surface area contributed by atoms with Gasteiger partial charge in [0.1, 0.15) is 11.8 Å². The molecule has 0 spiro atoms. The average Bonchev–Trinajstić information content (AvgIpc) is 2.93. The van der Waals surface area contributed by atoms with Crippen LogP contribution in [0, 0.1) is 6.92 Å². The van der Waals surface area contributed by atoms with Gasteiger partial charge in [-0.2, -0.15) is 0 Å². The Balaban J connectivity index is 2.05. The third kappa shape index (κ3) is 3.57. The summed E-state index contributed by atoms with van der Waals surface area (Å²) in [5, 5.41) is 9.26. The molecule has 2 rings (SSSR count). The first kappa shape index (κ1) is 16.3. The van der Waals surface area contributed by atoms with Gasteiger partial charge in [0.2, 0.25) is 0 Å². The fourth-order valence-electron chi connectivity index (χ4n) is 2.55. The lowest BCUT2D eigenvalue weighted by molar-refractivity contribution is -0.150. The monoisotopic (exact) mass is 307 g/mol. The second kappa shape index (κ2) is 6.79. The minimum atomic E-state index is -1.02. The lowest BCUT2D eigenvalue weighted by Gasteiger charge is -2.25. The maximum atomic E-state index is 12.5. The van der Waals surface area contributed by atoms with Crippen molar-refractivity contribution in [2.75, 3.05) is 13.7 Å². The summed E-state index contributed by atoms with van der Waals surface area (Å²) in [5.41, 5.74) is 1.10. The summed E-state index contributed by atoms with van der Waals surface area (Å²) in [5.74, 6) is -0.774. The number of ether oxygens (including phenoxy) is 2. The van der Waals surface area contributed by atoms with Gasteiger partial charge in [-0.3, -0.25) is 4.79 Å². The van der Waals surface area contributed by atoms with E-state index in [1.54, 1.807) is 19.1 Å². The lowest BCUT2D eigenvalue weighted by atomic mass is 10.2. The molecule has 1 aromatic carbocycles. The van der Waals surface area contributed by atoms with Gasteiger partial charge in [-0.25, -0.2) is 4.79 Å². The van der Waals surface area contributed by atoms with Gasteiger partial charge in [-0.1, -0.05) is 17.7 Å². The largest absolute Gasteiger partial charge is 0.481 e. The molecule has 3 atom stereocenters. The SMILES string of the molecule is COC1CC(C(=O)O)N(C(=O)C(C)Oc2ccc(C)cc2)C1. The molecule has 0 aromatic heterocycles. The molecule has 0 bridgehead atoms. The average molecular weight is 307 g/mol. The summed E-state index contributed by atoms with van der Waals surface area (Å²) >= 11 is 0. The second-order valence-corrected chi connectivity index (χ2v) is 5.51. The van der Waals surface area contributed by atoms with Crippen molar-refractivity contribution in [1.82, 2.24) is 4.90 Å². The molecule has 1 aromatic rings. The molecule has 22 heavy (non-hydrogen) atoms. The van der Waals surface area contributed by atoms with Gasteiger partial charge in [-0.15, -0.1) is 0 Å². The molecular weight excluding hydrogens is 286 g/mol. The van der Waals surface area contributed by atoms with Gasteiger partial charge >= 0.3 is 5.97 Å². The maximum Gasteiger partial charge on any atom is 0.326 e. The van der Waals surface area contributed by atoms with Crippen LogP contribution in [-0.4, -0.2) is 53.8 Å². The fourth-order valence-corrected chi connectivity index (χ4v) is 2.55. The van der Waals surface area contributed by atoms with E-state index in [1.165, 1.54) is 12.0 Å². The summed E-state index contributed by atoms with van der Waals surface area (Å²) in [6, 6.07) is 6.50. The van der Waals surface area contributed by atoms with Gasteiger partial charge in [0.25, 0.3) is 5.91 Å². The topological polar surface area (TPSA) is 76.1 Å². The van der Waals surface area contributed by atoms with Crippen molar-refractivity contribution >= 4 is 11.9 Å². The zero-order valence-corrected chi connectivity index (χ0v) is 13.0. The fraction of sp³-hybridized carbons (Fsp3) is 0.500. The number of carbonyl (C=O) groups is 2. The summed E-state index contributed by atoms with van der Waals surface area (Å²) in [6.07, 6.45) is -0.703. The Hall–Kier alpha value is -2.08. The highest BCUT2D eigenvalue weighted by Crippen LogP contribution is 2.22. The number of benzene rings is 1.